The maximum Gasteiger partial charge on any atom is 0.127 e. The van der Waals surface area contributed by atoms with Crippen LogP contribution in [0.2, 0.25) is 0 Å². The van der Waals surface area contributed by atoms with Gasteiger partial charge in [-0.05, 0) is 29.8 Å². The first-order valence-corrected chi connectivity index (χ1v) is 8.26. The molecule has 3 aromatic heterocycles. The van der Waals surface area contributed by atoms with E-state index in [1.54, 1.807) is 12.3 Å². The van der Waals surface area contributed by atoms with Crippen molar-refractivity contribution in [2.45, 2.75) is 6.04 Å². The van der Waals surface area contributed by atoms with Gasteiger partial charge in [0.05, 0.1) is 17.4 Å². The molecule has 1 aromatic carbocycles. The number of aromatic nitrogens is 3. The number of pyridine rings is 1. The van der Waals surface area contributed by atoms with E-state index >= 15 is 0 Å². The lowest BCUT2D eigenvalue weighted by molar-refractivity contribution is 0.628. The van der Waals surface area contributed by atoms with Gasteiger partial charge in [-0.3, -0.25) is 4.98 Å². The second-order valence-electron chi connectivity index (χ2n) is 5.33. The minimum Gasteiger partial charge on any atom is -0.318 e. The molecule has 2 N–H and O–H groups in total. The number of nitrogens with zero attached hydrogens (tertiary/aromatic N) is 3. The zero-order valence-electron chi connectivity index (χ0n) is 12.6. The van der Waals surface area contributed by atoms with Crippen molar-refractivity contribution >= 4 is 21.6 Å². The second kappa shape index (κ2) is 6.07. The lowest BCUT2D eigenvalue weighted by atomic mass is 10.0. The number of hydrogen-bond acceptors (Lipinski definition) is 5. The van der Waals surface area contributed by atoms with Gasteiger partial charge in [-0.25, -0.2) is 14.4 Å². The van der Waals surface area contributed by atoms with E-state index in [1.165, 1.54) is 29.8 Å². The van der Waals surface area contributed by atoms with Crippen LogP contribution in [0, 0.1) is 5.82 Å². The fourth-order valence-electron chi connectivity index (χ4n) is 2.70. The highest BCUT2D eigenvalue weighted by Gasteiger charge is 2.19. The molecular weight excluding hydrogens is 323 g/mol. The monoisotopic (exact) mass is 336 g/mol. The molecule has 24 heavy (non-hydrogen) atoms. The lowest BCUT2D eigenvalue weighted by Crippen LogP contribution is -2.15. The Balaban J connectivity index is 1.92. The van der Waals surface area contributed by atoms with Gasteiger partial charge in [-0.2, -0.15) is 0 Å². The van der Waals surface area contributed by atoms with Crippen LogP contribution in [0.25, 0.3) is 21.3 Å². The molecular formula is C18H13FN4S. The molecule has 0 radical (unpaired) electrons. The summed E-state index contributed by atoms with van der Waals surface area (Å²) in [6.07, 6.45) is 3.21. The molecule has 1 atom stereocenters. The average molecular weight is 336 g/mol. The van der Waals surface area contributed by atoms with Crippen LogP contribution in [0.15, 0.2) is 60.4 Å². The quantitative estimate of drug-likeness (QED) is 0.615. The van der Waals surface area contributed by atoms with Crippen molar-refractivity contribution in [1.82, 2.24) is 15.0 Å². The summed E-state index contributed by atoms with van der Waals surface area (Å²) in [5.74, 6) is -0.278. The van der Waals surface area contributed by atoms with Crippen LogP contribution < -0.4 is 5.73 Å². The van der Waals surface area contributed by atoms with Gasteiger partial charge in [0.15, 0.2) is 0 Å². The summed E-state index contributed by atoms with van der Waals surface area (Å²) in [6.45, 7) is 0. The molecule has 1 unspecified atom stereocenters. The summed E-state index contributed by atoms with van der Waals surface area (Å²) in [5.41, 5.74) is 9.49. The Morgan fingerprint density at radius 3 is 2.75 bits per heavy atom. The van der Waals surface area contributed by atoms with Crippen LogP contribution in [0.4, 0.5) is 4.39 Å². The Morgan fingerprint density at radius 2 is 1.96 bits per heavy atom. The summed E-state index contributed by atoms with van der Waals surface area (Å²) in [6, 6.07) is 11.6. The van der Waals surface area contributed by atoms with E-state index < -0.39 is 6.04 Å². The molecule has 0 amide bonds. The highest BCUT2D eigenvalue weighted by Crippen LogP contribution is 2.36. The number of thiophene rings is 1. The maximum atomic E-state index is 13.6. The molecule has 6 heteroatoms. The highest BCUT2D eigenvalue weighted by molar-refractivity contribution is 7.17. The Labute approximate surface area is 141 Å². The minimum atomic E-state index is -0.474. The predicted octanol–water partition coefficient (Wildman–Crippen LogP) is 3.94. The fraction of sp³-hybridized carbons (Fsp3) is 0.0556. The van der Waals surface area contributed by atoms with Crippen molar-refractivity contribution < 1.29 is 4.39 Å². The van der Waals surface area contributed by atoms with Gasteiger partial charge in [-0.15, -0.1) is 11.3 Å². The molecule has 4 rings (SSSR count). The number of nitrogens with two attached hydrogens (primary N) is 1. The standard InChI is InChI=1S/C18H13FN4S/c19-12-5-3-4-11(8-12)13-9-24-18-15(13)17(22-10-23-18)16(20)14-6-1-2-7-21-14/h1-10,16H,20H2. The molecule has 0 saturated carbocycles. The van der Waals surface area contributed by atoms with Crippen molar-refractivity contribution in [1.29, 1.82) is 0 Å². The van der Waals surface area contributed by atoms with Crippen LogP contribution in [-0.2, 0) is 0 Å². The SMILES string of the molecule is NC(c1ccccn1)c1ncnc2scc(-c3cccc(F)c3)c12. The van der Waals surface area contributed by atoms with E-state index in [2.05, 4.69) is 15.0 Å². The third-order valence-electron chi connectivity index (χ3n) is 3.84. The zero-order chi connectivity index (χ0) is 16.5. The summed E-state index contributed by atoms with van der Waals surface area (Å²) < 4.78 is 13.6. The second-order valence-corrected chi connectivity index (χ2v) is 6.19. The van der Waals surface area contributed by atoms with Crippen molar-refractivity contribution in [2.75, 3.05) is 0 Å². The summed E-state index contributed by atoms with van der Waals surface area (Å²) in [7, 11) is 0. The Morgan fingerprint density at radius 1 is 1.04 bits per heavy atom. The molecule has 0 aliphatic heterocycles. The van der Waals surface area contributed by atoms with E-state index in [0.29, 0.717) is 5.69 Å². The molecule has 0 fully saturated rings. The Kier molecular flexibility index (Phi) is 3.76. The summed E-state index contributed by atoms with van der Waals surface area (Å²) in [4.78, 5) is 13.9. The number of hydrogen-bond donors (Lipinski definition) is 1. The fourth-order valence-corrected chi connectivity index (χ4v) is 3.63. The van der Waals surface area contributed by atoms with Gasteiger partial charge in [0.2, 0.25) is 0 Å². The van der Waals surface area contributed by atoms with E-state index in [9.17, 15) is 4.39 Å². The lowest BCUT2D eigenvalue weighted by Gasteiger charge is -2.12. The van der Waals surface area contributed by atoms with Crippen LogP contribution in [0.1, 0.15) is 17.4 Å². The van der Waals surface area contributed by atoms with Crippen molar-refractivity contribution in [3.8, 4) is 11.1 Å². The van der Waals surface area contributed by atoms with Gasteiger partial charge in [-0.1, -0.05) is 18.2 Å². The van der Waals surface area contributed by atoms with Gasteiger partial charge in [0, 0.05) is 22.5 Å². The predicted molar refractivity (Wildman–Crippen MR) is 93.1 cm³/mol. The molecule has 0 aliphatic rings. The largest absolute Gasteiger partial charge is 0.318 e. The van der Waals surface area contributed by atoms with E-state index in [4.69, 9.17) is 5.73 Å². The normalized spacial score (nSPS) is 12.4. The van der Waals surface area contributed by atoms with Crippen LogP contribution in [-0.4, -0.2) is 15.0 Å². The summed E-state index contributed by atoms with van der Waals surface area (Å²) >= 11 is 1.49. The van der Waals surface area contributed by atoms with Crippen LogP contribution >= 0.6 is 11.3 Å². The van der Waals surface area contributed by atoms with Crippen molar-refractivity contribution in [2.24, 2.45) is 5.73 Å². The molecule has 118 valence electrons. The minimum absolute atomic E-state index is 0.278. The van der Waals surface area contributed by atoms with Gasteiger partial charge < -0.3 is 5.73 Å². The third kappa shape index (κ3) is 2.55. The number of rotatable bonds is 3. The molecule has 0 spiro atoms. The van der Waals surface area contributed by atoms with Crippen LogP contribution in [0.5, 0.6) is 0 Å². The number of halogens is 1. The van der Waals surface area contributed by atoms with Gasteiger partial charge in [0.25, 0.3) is 0 Å². The maximum absolute atomic E-state index is 13.6. The number of benzene rings is 1. The molecule has 0 aliphatic carbocycles. The Bertz CT molecular complexity index is 1000. The molecule has 4 nitrogen and oxygen atoms in total. The third-order valence-corrected chi connectivity index (χ3v) is 4.72. The average Bonchev–Trinajstić information content (AvgIpc) is 3.06. The first-order valence-electron chi connectivity index (χ1n) is 7.38. The topological polar surface area (TPSA) is 64.7 Å². The van der Waals surface area contributed by atoms with Crippen molar-refractivity contribution in [3.63, 3.8) is 0 Å². The summed E-state index contributed by atoms with van der Waals surface area (Å²) in [5, 5.41) is 2.81. The zero-order valence-corrected chi connectivity index (χ0v) is 13.4. The highest BCUT2D eigenvalue weighted by atomic mass is 32.1. The van der Waals surface area contributed by atoms with Gasteiger partial charge in [0.1, 0.15) is 17.0 Å². The molecule has 3 heterocycles. The van der Waals surface area contributed by atoms with Gasteiger partial charge >= 0.3 is 0 Å². The molecule has 0 saturated heterocycles. The smallest absolute Gasteiger partial charge is 0.127 e. The van der Waals surface area contributed by atoms with E-state index in [-0.39, 0.29) is 5.82 Å². The van der Waals surface area contributed by atoms with E-state index in [1.807, 2.05) is 29.6 Å². The van der Waals surface area contributed by atoms with Crippen LogP contribution in [0.3, 0.4) is 0 Å². The van der Waals surface area contributed by atoms with Crippen molar-refractivity contribution in [3.05, 3.63) is 77.6 Å². The molecule has 0 bridgehead atoms. The number of fused-ring (bicyclic) bond motifs is 1. The molecule has 4 aromatic rings. The van der Waals surface area contributed by atoms with E-state index in [0.717, 1.165) is 27.0 Å². The Hall–Kier alpha value is -2.70. The first-order chi connectivity index (χ1) is 11.7. The first kappa shape index (κ1) is 14.9.